The van der Waals surface area contributed by atoms with Crippen LogP contribution < -0.4 is 9.54 Å². The zero-order valence-corrected chi connectivity index (χ0v) is 19.3. The fourth-order valence-electron chi connectivity index (χ4n) is 3.15. The quantitative estimate of drug-likeness (QED) is 0.700. The van der Waals surface area contributed by atoms with Gasteiger partial charge >= 0.3 is 6.09 Å². The number of carbonyl (C=O) groups excluding carboxylic acids is 2. The molecule has 0 bridgehead atoms. The number of methoxy groups -OCH3 is 1. The van der Waals surface area contributed by atoms with Gasteiger partial charge in [-0.1, -0.05) is 11.6 Å². The fourth-order valence-corrected chi connectivity index (χ4v) is 4.17. The number of ether oxygens (including phenoxy) is 2. The van der Waals surface area contributed by atoms with E-state index in [9.17, 15) is 9.59 Å². The summed E-state index contributed by atoms with van der Waals surface area (Å²) in [7, 11) is 1.50. The van der Waals surface area contributed by atoms with Gasteiger partial charge in [0.2, 0.25) is 0 Å². The Morgan fingerprint density at radius 3 is 2.63 bits per heavy atom. The van der Waals surface area contributed by atoms with Crippen LogP contribution in [0.3, 0.4) is 0 Å². The standard InChI is InChI=1S/C21H26ClN3O4S/c1-13-9-24(10-14-11-25(12-14)20(27)29-21(2,3)4)19(30-13)23-18(26)16-8-15(22)6-7-17(16)28-5/h6-9,14H,10-12H2,1-5H3. The molecule has 162 valence electrons. The van der Waals surface area contributed by atoms with E-state index in [-0.39, 0.29) is 12.0 Å². The van der Waals surface area contributed by atoms with E-state index in [1.807, 2.05) is 38.5 Å². The average Bonchev–Trinajstić information content (AvgIpc) is 2.94. The number of thiazole rings is 1. The summed E-state index contributed by atoms with van der Waals surface area (Å²) in [5.41, 5.74) is -0.183. The zero-order chi connectivity index (χ0) is 22.1. The predicted molar refractivity (Wildman–Crippen MR) is 116 cm³/mol. The van der Waals surface area contributed by atoms with Crippen LogP contribution in [0.15, 0.2) is 29.4 Å². The van der Waals surface area contributed by atoms with Crippen LogP contribution >= 0.6 is 22.9 Å². The van der Waals surface area contributed by atoms with Crippen molar-refractivity contribution in [2.24, 2.45) is 10.9 Å². The highest BCUT2D eigenvalue weighted by molar-refractivity contribution is 7.09. The van der Waals surface area contributed by atoms with Crippen LogP contribution in [0.25, 0.3) is 0 Å². The second kappa shape index (κ2) is 8.81. The number of benzene rings is 1. The third-order valence-electron chi connectivity index (χ3n) is 4.49. The minimum Gasteiger partial charge on any atom is -0.496 e. The maximum Gasteiger partial charge on any atom is 0.410 e. The Balaban J connectivity index is 1.72. The molecule has 0 radical (unpaired) electrons. The van der Waals surface area contributed by atoms with E-state index in [2.05, 4.69) is 4.99 Å². The normalized spacial score (nSPS) is 15.1. The molecule has 0 unspecified atom stereocenters. The minimum atomic E-state index is -0.505. The molecule has 1 aromatic heterocycles. The van der Waals surface area contributed by atoms with Crippen molar-refractivity contribution in [3.8, 4) is 5.75 Å². The molecule has 7 nitrogen and oxygen atoms in total. The second-order valence-electron chi connectivity index (χ2n) is 8.29. The highest BCUT2D eigenvalue weighted by atomic mass is 35.5. The molecule has 1 saturated heterocycles. The van der Waals surface area contributed by atoms with Gasteiger partial charge in [0.15, 0.2) is 4.80 Å². The molecule has 0 spiro atoms. The third kappa shape index (κ3) is 5.43. The van der Waals surface area contributed by atoms with E-state index in [4.69, 9.17) is 21.1 Å². The molecule has 0 saturated carbocycles. The van der Waals surface area contributed by atoms with Crippen molar-refractivity contribution in [3.05, 3.63) is 44.7 Å². The summed E-state index contributed by atoms with van der Waals surface area (Å²) < 4.78 is 12.6. The highest BCUT2D eigenvalue weighted by Gasteiger charge is 2.34. The molecule has 3 rings (SSSR count). The number of hydrogen-bond acceptors (Lipinski definition) is 5. The monoisotopic (exact) mass is 451 g/mol. The molecule has 0 aliphatic carbocycles. The lowest BCUT2D eigenvalue weighted by Crippen LogP contribution is -2.53. The summed E-state index contributed by atoms with van der Waals surface area (Å²) >= 11 is 7.48. The van der Waals surface area contributed by atoms with Gasteiger partial charge in [0, 0.05) is 41.6 Å². The Kier molecular flexibility index (Phi) is 6.57. The largest absolute Gasteiger partial charge is 0.496 e. The molecule has 9 heteroatoms. The lowest BCUT2D eigenvalue weighted by molar-refractivity contribution is -0.00343. The molecule has 2 amide bonds. The molecular formula is C21H26ClN3O4S. The summed E-state index contributed by atoms with van der Waals surface area (Å²) in [6.07, 6.45) is 1.68. The lowest BCUT2D eigenvalue weighted by Gasteiger charge is -2.39. The molecule has 1 aromatic carbocycles. The molecule has 1 aliphatic heterocycles. The van der Waals surface area contributed by atoms with Crippen molar-refractivity contribution in [3.63, 3.8) is 0 Å². The number of amides is 2. The SMILES string of the molecule is COc1ccc(Cl)cc1C(=O)N=c1sc(C)cn1CC1CN(C(=O)OC(C)(C)C)C1. The number of likely N-dealkylation sites (tertiary alicyclic amines) is 1. The first-order valence-corrected chi connectivity index (χ1v) is 10.8. The smallest absolute Gasteiger partial charge is 0.410 e. The molecule has 30 heavy (non-hydrogen) atoms. The maximum absolute atomic E-state index is 12.8. The van der Waals surface area contributed by atoms with Gasteiger partial charge in [-0.2, -0.15) is 4.99 Å². The van der Waals surface area contributed by atoms with Crippen molar-refractivity contribution < 1.29 is 19.1 Å². The number of aromatic nitrogens is 1. The van der Waals surface area contributed by atoms with Crippen LogP contribution in [-0.2, 0) is 11.3 Å². The van der Waals surface area contributed by atoms with E-state index in [0.29, 0.717) is 40.8 Å². The zero-order valence-electron chi connectivity index (χ0n) is 17.8. The summed E-state index contributed by atoms with van der Waals surface area (Å²) in [5, 5.41) is 0.446. The van der Waals surface area contributed by atoms with E-state index in [1.165, 1.54) is 18.4 Å². The van der Waals surface area contributed by atoms with E-state index >= 15 is 0 Å². The lowest BCUT2D eigenvalue weighted by atomic mass is 10.0. The highest BCUT2D eigenvalue weighted by Crippen LogP contribution is 2.24. The summed E-state index contributed by atoms with van der Waals surface area (Å²) in [4.78, 5) is 32.5. The van der Waals surface area contributed by atoms with Crippen LogP contribution in [0.2, 0.25) is 5.02 Å². The Hall–Kier alpha value is -2.32. The van der Waals surface area contributed by atoms with Gasteiger partial charge in [-0.05, 0) is 45.9 Å². The topological polar surface area (TPSA) is 73.1 Å². The maximum atomic E-state index is 12.8. The number of rotatable bonds is 4. The van der Waals surface area contributed by atoms with Crippen molar-refractivity contribution in [1.29, 1.82) is 0 Å². The third-order valence-corrected chi connectivity index (χ3v) is 5.66. The summed E-state index contributed by atoms with van der Waals surface area (Å²) in [6, 6.07) is 4.87. The number of aryl methyl sites for hydroxylation is 1. The molecule has 1 fully saturated rings. The fraction of sp³-hybridized carbons (Fsp3) is 0.476. The number of carbonyl (C=O) groups is 2. The van der Waals surface area contributed by atoms with Gasteiger partial charge in [-0.25, -0.2) is 4.79 Å². The molecule has 2 heterocycles. The first-order chi connectivity index (χ1) is 14.1. The minimum absolute atomic E-state index is 0.279. The molecular weight excluding hydrogens is 426 g/mol. The van der Waals surface area contributed by atoms with Gasteiger partial charge in [0.1, 0.15) is 11.4 Å². The van der Waals surface area contributed by atoms with Crippen molar-refractivity contribution >= 4 is 34.9 Å². The van der Waals surface area contributed by atoms with E-state index < -0.39 is 11.5 Å². The van der Waals surface area contributed by atoms with Crippen LogP contribution in [0.5, 0.6) is 5.75 Å². The van der Waals surface area contributed by atoms with Gasteiger partial charge in [0.05, 0.1) is 12.7 Å². The van der Waals surface area contributed by atoms with Crippen molar-refractivity contribution in [2.45, 2.75) is 39.8 Å². The Labute approximate surface area is 184 Å². The summed E-state index contributed by atoms with van der Waals surface area (Å²) in [6.45, 7) is 9.43. The Morgan fingerprint density at radius 1 is 1.30 bits per heavy atom. The first kappa shape index (κ1) is 22.4. The van der Waals surface area contributed by atoms with Crippen LogP contribution in [-0.4, -0.2) is 47.3 Å². The number of hydrogen-bond donors (Lipinski definition) is 0. The summed E-state index contributed by atoms with van der Waals surface area (Å²) in [5.74, 6) is 0.301. The molecule has 2 aromatic rings. The molecule has 0 N–H and O–H groups in total. The van der Waals surface area contributed by atoms with Crippen molar-refractivity contribution in [1.82, 2.24) is 9.47 Å². The van der Waals surface area contributed by atoms with Crippen molar-refractivity contribution in [2.75, 3.05) is 20.2 Å². The van der Waals surface area contributed by atoms with Gasteiger partial charge < -0.3 is 18.9 Å². The number of nitrogens with zero attached hydrogens (tertiary/aromatic N) is 3. The van der Waals surface area contributed by atoms with Gasteiger partial charge in [-0.3, -0.25) is 4.79 Å². The molecule has 1 aliphatic rings. The number of halogens is 1. The second-order valence-corrected chi connectivity index (χ2v) is 9.94. The Bertz CT molecular complexity index is 1020. The van der Waals surface area contributed by atoms with Crippen LogP contribution in [0.1, 0.15) is 36.0 Å². The van der Waals surface area contributed by atoms with Gasteiger partial charge in [0.25, 0.3) is 5.91 Å². The average molecular weight is 452 g/mol. The van der Waals surface area contributed by atoms with E-state index in [0.717, 1.165) is 4.88 Å². The van der Waals surface area contributed by atoms with Crippen LogP contribution in [0.4, 0.5) is 4.79 Å². The molecule has 0 atom stereocenters. The van der Waals surface area contributed by atoms with Crippen LogP contribution in [0, 0.1) is 12.8 Å². The van der Waals surface area contributed by atoms with E-state index in [1.54, 1.807) is 23.1 Å². The van der Waals surface area contributed by atoms with Gasteiger partial charge in [-0.15, -0.1) is 11.3 Å². The first-order valence-electron chi connectivity index (χ1n) is 9.63. The predicted octanol–water partition coefficient (Wildman–Crippen LogP) is 4.13. The Morgan fingerprint density at radius 2 is 2.00 bits per heavy atom.